The Labute approximate surface area is 149 Å². The van der Waals surface area contributed by atoms with Gasteiger partial charge in [-0.25, -0.2) is 14.4 Å². The van der Waals surface area contributed by atoms with Gasteiger partial charge in [-0.1, -0.05) is 17.3 Å². The maximum absolute atomic E-state index is 13.4. The minimum Gasteiger partial charge on any atom is -0.353 e. The van der Waals surface area contributed by atoms with Crippen molar-refractivity contribution in [1.82, 2.24) is 20.1 Å². The first-order valence-corrected chi connectivity index (χ1v) is 8.30. The normalized spacial score (nSPS) is 17.1. The summed E-state index contributed by atoms with van der Waals surface area (Å²) in [6.07, 6.45) is 4.88. The van der Waals surface area contributed by atoms with Crippen LogP contribution in [0.2, 0.25) is 0 Å². The van der Waals surface area contributed by atoms with Crippen LogP contribution in [0.25, 0.3) is 11.4 Å². The van der Waals surface area contributed by atoms with Crippen LogP contribution in [0.5, 0.6) is 0 Å². The largest absolute Gasteiger partial charge is 0.353 e. The Morgan fingerprint density at radius 2 is 2.15 bits per heavy atom. The zero-order valence-electron chi connectivity index (χ0n) is 13.8. The van der Waals surface area contributed by atoms with E-state index in [1.165, 1.54) is 18.3 Å². The Morgan fingerprint density at radius 3 is 3.00 bits per heavy atom. The van der Waals surface area contributed by atoms with E-state index < -0.39 is 0 Å². The third-order valence-electron chi connectivity index (χ3n) is 4.38. The van der Waals surface area contributed by atoms with Crippen LogP contribution < -0.4 is 4.90 Å². The zero-order valence-corrected chi connectivity index (χ0v) is 13.8. The van der Waals surface area contributed by atoms with Crippen molar-refractivity contribution in [2.45, 2.75) is 18.8 Å². The van der Waals surface area contributed by atoms with E-state index in [0.29, 0.717) is 35.3 Å². The first-order valence-electron chi connectivity index (χ1n) is 8.30. The van der Waals surface area contributed by atoms with E-state index in [4.69, 9.17) is 4.52 Å². The SMILES string of the molecule is N#Cc1nccnc1N1CCCC(c2nc(-c3cccc(F)c3)no2)C1. The standard InChI is InChI=1S/C18H15FN6O/c19-14-5-1-3-12(9-14)16-23-18(26-24-16)13-4-2-8-25(11-13)17-15(10-20)21-6-7-22-17/h1,3,5-7,9,13H,2,4,8,11H2. The third kappa shape index (κ3) is 3.11. The molecule has 130 valence electrons. The molecule has 0 amide bonds. The van der Waals surface area contributed by atoms with Gasteiger partial charge in [0, 0.05) is 31.0 Å². The van der Waals surface area contributed by atoms with Crippen LogP contribution in [0.4, 0.5) is 10.2 Å². The molecule has 4 rings (SSSR count). The second-order valence-corrected chi connectivity index (χ2v) is 6.09. The molecule has 0 bridgehead atoms. The Balaban J connectivity index is 1.56. The molecule has 1 aliphatic rings. The lowest BCUT2D eigenvalue weighted by Crippen LogP contribution is -2.35. The molecule has 26 heavy (non-hydrogen) atoms. The maximum atomic E-state index is 13.4. The minimum absolute atomic E-state index is 0.0205. The Hall–Kier alpha value is -3.34. The van der Waals surface area contributed by atoms with Crippen LogP contribution in [0, 0.1) is 17.1 Å². The van der Waals surface area contributed by atoms with Gasteiger partial charge in [-0.05, 0) is 25.0 Å². The molecule has 1 aromatic carbocycles. The topological polar surface area (TPSA) is 91.7 Å². The minimum atomic E-state index is -0.343. The molecular formula is C18H15FN6O. The molecular weight excluding hydrogens is 335 g/mol. The number of hydrogen-bond acceptors (Lipinski definition) is 7. The number of piperidine rings is 1. The number of benzene rings is 1. The number of halogens is 1. The van der Waals surface area contributed by atoms with Crippen LogP contribution in [-0.4, -0.2) is 33.2 Å². The van der Waals surface area contributed by atoms with Gasteiger partial charge in [0.15, 0.2) is 11.5 Å². The summed E-state index contributed by atoms with van der Waals surface area (Å²) in [7, 11) is 0. The second kappa shape index (κ2) is 6.88. The molecule has 0 aliphatic carbocycles. The first kappa shape index (κ1) is 16.1. The molecule has 3 aromatic rings. The van der Waals surface area contributed by atoms with E-state index in [1.807, 2.05) is 4.90 Å². The summed E-state index contributed by atoms with van der Waals surface area (Å²) in [6, 6.07) is 8.18. The van der Waals surface area contributed by atoms with Crippen LogP contribution in [0.15, 0.2) is 41.2 Å². The van der Waals surface area contributed by atoms with Gasteiger partial charge in [0.05, 0.1) is 5.92 Å². The molecule has 0 spiro atoms. The highest BCUT2D eigenvalue weighted by Crippen LogP contribution is 2.30. The van der Waals surface area contributed by atoms with Gasteiger partial charge in [-0.15, -0.1) is 0 Å². The van der Waals surface area contributed by atoms with Gasteiger partial charge >= 0.3 is 0 Å². The summed E-state index contributed by atoms with van der Waals surface area (Å²) in [5.41, 5.74) is 0.882. The van der Waals surface area contributed by atoms with Gasteiger partial charge in [0.25, 0.3) is 0 Å². The Morgan fingerprint density at radius 1 is 1.27 bits per heavy atom. The number of rotatable bonds is 3. The number of nitrogens with zero attached hydrogens (tertiary/aromatic N) is 6. The first-order chi connectivity index (χ1) is 12.7. The molecule has 1 fully saturated rings. The lowest BCUT2D eigenvalue weighted by molar-refractivity contribution is 0.333. The van der Waals surface area contributed by atoms with Crippen molar-refractivity contribution in [3.05, 3.63) is 54.1 Å². The van der Waals surface area contributed by atoms with E-state index in [1.54, 1.807) is 18.3 Å². The molecule has 1 unspecified atom stereocenters. The van der Waals surface area contributed by atoms with E-state index in [9.17, 15) is 9.65 Å². The van der Waals surface area contributed by atoms with Gasteiger partial charge < -0.3 is 9.42 Å². The van der Waals surface area contributed by atoms with Crippen LogP contribution >= 0.6 is 0 Å². The van der Waals surface area contributed by atoms with Crippen LogP contribution in [0.3, 0.4) is 0 Å². The number of hydrogen-bond donors (Lipinski definition) is 0. The molecule has 0 N–H and O–H groups in total. The van der Waals surface area contributed by atoms with E-state index >= 15 is 0 Å². The maximum Gasteiger partial charge on any atom is 0.231 e. The lowest BCUT2D eigenvalue weighted by Gasteiger charge is -2.31. The summed E-state index contributed by atoms with van der Waals surface area (Å²) in [6.45, 7) is 1.40. The molecule has 8 heteroatoms. The lowest BCUT2D eigenvalue weighted by atomic mass is 9.98. The summed E-state index contributed by atoms with van der Waals surface area (Å²) in [5, 5.41) is 13.2. The molecule has 1 atom stereocenters. The average Bonchev–Trinajstić information content (AvgIpc) is 3.18. The molecule has 1 saturated heterocycles. The highest BCUT2D eigenvalue weighted by molar-refractivity contribution is 5.54. The smallest absolute Gasteiger partial charge is 0.231 e. The molecule has 0 radical (unpaired) electrons. The van der Waals surface area contributed by atoms with Gasteiger partial charge in [0.1, 0.15) is 11.9 Å². The van der Waals surface area contributed by atoms with Crippen LogP contribution in [0.1, 0.15) is 30.3 Å². The second-order valence-electron chi connectivity index (χ2n) is 6.09. The predicted molar refractivity (Wildman–Crippen MR) is 90.6 cm³/mol. The zero-order chi connectivity index (χ0) is 17.9. The van der Waals surface area contributed by atoms with Gasteiger partial charge in [0.2, 0.25) is 11.7 Å². The Kier molecular flexibility index (Phi) is 4.27. The Bertz CT molecular complexity index is 966. The number of aromatic nitrogens is 4. The monoisotopic (exact) mass is 350 g/mol. The molecule has 2 aromatic heterocycles. The van der Waals surface area contributed by atoms with Crippen molar-refractivity contribution < 1.29 is 8.91 Å². The fraction of sp³-hybridized carbons (Fsp3) is 0.278. The fourth-order valence-corrected chi connectivity index (χ4v) is 3.16. The third-order valence-corrected chi connectivity index (χ3v) is 4.38. The summed E-state index contributed by atoms with van der Waals surface area (Å²) < 4.78 is 18.8. The summed E-state index contributed by atoms with van der Waals surface area (Å²) >= 11 is 0. The van der Waals surface area contributed by atoms with Crippen LogP contribution in [-0.2, 0) is 0 Å². The molecule has 3 heterocycles. The van der Waals surface area contributed by atoms with E-state index in [0.717, 1.165) is 19.4 Å². The van der Waals surface area contributed by atoms with Crippen molar-refractivity contribution in [3.63, 3.8) is 0 Å². The van der Waals surface area contributed by atoms with Gasteiger partial charge in [-0.2, -0.15) is 10.2 Å². The van der Waals surface area contributed by atoms with E-state index in [-0.39, 0.29) is 11.7 Å². The fourth-order valence-electron chi connectivity index (χ4n) is 3.16. The van der Waals surface area contributed by atoms with Crippen molar-refractivity contribution in [2.24, 2.45) is 0 Å². The van der Waals surface area contributed by atoms with Gasteiger partial charge in [-0.3, -0.25) is 0 Å². The molecule has 1 aliphatic heterocycles. The quantitative estimate of drug-likeness (QED) is 0.717. The van der Waals surface area contributed by atoms with Crippen molar-refractivity contribution in [1.29, 1.82) is 5.26 Å². The number of nitriles is 1. The van der Waals surface area contributed by atoms with E-state index in [2.05, 4.69) is 26.2 Å². The predicted octanol–water partition coefficient (Wildman–Crippen LogP) is 2.92. The summed E-state index contributed by atoms with van der Waals surface area (Å²) in [4.78, 5) is 14.8. The highest BCUT2D eigenvalue weighted by Gasteiger charge is 2.28. The average molecular weight is 350 g/mol. The number of anilines is 1. The van der Waals surface area contributed by atoms with Crippen molar-refractivity contribution >= 4 is 5.82 Å². The molecule has 7 nitrogen and oxygen atoms in total. The van der Waals surface area contributed by atoms with Crippen molar-refractivity contribution in [3.8, 4) is 17.5 Å². The highest BCUT2D eigenvalue weighted by atomic mass is 19.1. The molecule has 0 saturated carbocycles. The summed E-state index contributed by atoms with van der Waals surface area (Å²) in [5.74, 6) is 1.13. The van der Waals surface area contributed by atoms with Crippen molar-refractivity contribution in [2.75, 3.05) is 18.0 Å².